The van der Waals surface area contributed by atoms with Crippen molar-refractivity contribution in [2.75, 3.05) is 11.0 Å². The first-order valence-electron chi connectivity index (χ1n) is 6.13. The number of nitrogens with zero attached hydrogens (tertiary/aromatic N) is 1. The average molecular weight is 323 g/mol. The lowest BCUT2D eigenvalue weighted by molar-refractivity contribution is 0.0694. The molecule has 0 radical (unpaired) electrons. The van der Waals surface area contributed by atoms with Gasteiger partial charge in [0.25, 0.3) is 5.56 Å². The second kappa shape index (κ2) is 5.98. The van der Waals surface area contributed by atoms with E-state index >= 15 is 0 Å². The zero-order chi connectivity index (χ0) is 16.3. The molecular formula is C13H13N3O5S. The summed E-state index contributed by atoms with van der Waals surface area (Å²) in [5.41, 5.74) is 0.0727. The van der Waals surface area contributed by atoms with Crippen molar-refractivity contribution in [3.8, 4) is 0 Å². The van der Waals surface area contributed by atoms with Gasteiger partial charge >= 0.3 is 5.97 Å². The van der Waals surface area contributed by atoms with Crippen molar-refractivity contribution in [1.29, 1.82) is 0 Å². The maximum atomic E-state index is 11.5. The monoisotopic (exact) mass is 323 g/mol. The third-order valence-corrected chi connectivity index (χ3v) is 3.32. The van der Waals surface area contributed by atoms with E-state index < -0.39 is 27.1 Å². The van der Waals surface area contributed by atoms with Crippen LogP contribution in [-0.4, -0.2) is 35.7 Å². The van der Waals surface area contributed by atoms with Gasteiger partial charge in [0.1, 0.15) is 11.4 Å². The first-order valence-corrected chi connectivity index (χ1v) is 8.02. The van der Waals surface area contributed by atoms with Crippen LogP contribution < -0.4 is 10.3 Å². The van der Waals surface area contributed by atoms with E-state index in [0.29, 0.717) is 11.5 Å². The minimum atomic E-state index is -3.33. The van der Waals surface area contributed by atoms with Gasteiger partial charge < -0.3 is 10.1 Å². The van der Waals surface area contributed by atoms with E-state index in [1.54, 1.807) is 24.3 Å². The van der Waals surface area contributed by atoms with Gasteiger partial charge in [0.2, 0.25) is 10.0 Å². The van der Waals surface area contributed by atoms with Crippen LogP contribution >= 0.6 is 0 Å². The summed E-state index contributed by atoms with van der Waals surface area (Å²) < 4.78 is 24.5. The zero-order valence-corrected chi connectivity index (χ0v) is 12.3. The fourth-order valence-corrected chi connectivity index (χ4v) is 2.34. The molecule has 0 fully saturated rings. The smallest absolute Gasteiger partial charge is 0.342 e. The molecule has 1 aromatic carbocycles. The number of carboxylic acid groups (broad SMARTS) is 1. The van der Waals surface area contributed by atoms with Gasteiger partial charge in [0.15, 0.2) is 0 Å². The summed E-state index contributed by atoms with van der Waals surface area (Å²) in [6, 6.07) is 6.53. The third kappa shape index (κ3) is 4.16. The molecule has 8 nitrogen and oxygen atoms in total. The highest BCUT2D eigenvalue weighted by Crippen LogP contribution is 2.12. The number of rotatable bonds is 5. The lowest BCUT2D eigenvalue weighted by atomic mass is 10.1. The number of aromatic carboxylic acids is 1. The lowest BCUT2D eigenvalue weighted by Crippen LogP contribution is -2.20. The van der Waals surface area contributed by atoms with Crippen molar-refractivity contribution in [2.45, 2.75) is 6.42 Å². The molecule has 2 rings (SSSR count). The second-order valence-electron chi connectivity index (χ2n) is 4.63. The number of hydrogen-bond donors (Lipinski definition) is 3. The fourth-order valence-electron chi connectivity index (χ4n) is 1.77. The van der Waals surface area contributed by atoms with E-state index in [-0.39, 0.29) is 6.42 Å². The van der Waals surface area contributed by atoms with Crippen LogP contribution in [0.15, 0.2) is 35.3 Å². The summed E-state index contributed by atoms with van der Waals surface area (Å²) >= 11 is 0. The molecule has 22 heavy (non-hydrogen) atoms. The van der Waals surface area contributed by atoms with Gasteiger partial charge in [0.05, 0.1) is 6.26 Å². The van der Waals surface area contributed by atoms with Crippen molar-refractivity contribution in [2.24, 2.45) is 0 Å². The number of carboxylic acids is 1. The first-order chi connectivity index (χ1) is 10.2. The molecule has 1 heterocycles. The number of hydrogen-bond acceptors (Lipinski definition) is 5. The Kier molecular flexibility index (Phi) is 4.27. The number of sulfonamides is 1. The number of aromatic nitrogens is 2. The molecule has 0 saturated heterocycles. The van der Waals surface area contributed by atoms with E-state index in [9.17, 15) is 18.0 Å². The topological polar surface area (TPSA) is 129 Å². The summed E-state index contributed by atoms with van der Waals surface area (Å²) in [6.45, 7) is 0. The quantitative estimate of drug-likeness (QED) is 0.731. The number of carbonyl (C=O) groups is 1. The Balaban J connectivity index is 2.16. The predicted molar refractivity (Wildman–Crippen MR) is 79.5 cm³/mol. The van der Waals surface area contributed by atoms with Crippen LogP contribution in [0.2, 0.25) is 0 Å². The summed E-state index contributed by atoms with van der Waals surface area (Å²) in [5.74, 6) is -1.02. The molecule has 0 aliphatic rings. The van der Waals surface area contributed by atoms with Gasteiger partial charge in [-0.1, -0.05) is 12.1 Å². The molecule has 1 aromatic heterocycles. The van der Waals surface area contributed by atoms with E-state index in [4.69, 9.17) is 5.11 Å². The molecule has 0 bridgehead atoms. The zero-order valence-electron chi connectivity index (χ0n) is 11.5. The molecule has 116 valence electrons. The molecule has 0 atom stereocenters. The molecule has 0 aliphatic carbocycles. The van der Waals surface area contributed by atoms with Gasteiger partial charge in [-0.05, 0) is 17.7 Å². The minimum Gasteiger partial charge on any atom is -0.477 e. The van der Waals surface area contributed by atoms with E-state index in [2.05, 4.69) is 14.7 Å². The van der Waals surface area contributed by atoms with Gasteiger partial charge in [-0.3, -0.25) is 9.52 Å². The third-order valence-electron chi connectivity index (χ3n) is 2.71. The Morgan fingerprint density at radius 1 is 1.32 bits per heavy atom. The normalized spacial score (nSPS) is 11.1. The SMILES string of the molecule is CS(=O)(=O)Nc1ccc(Cc2ncc(C(=O)O)c(=O)[nH]2)cc1. The Hall–Kier alpha value is -2.68. The Bertz CT molecular complexity index is 856. The van der Waals surface area contributed by atoms with Crippen LogP contribution in [0.5, 0.6) is 0 Å². The van der Waals surface area contributed by atoms with Gasteiger partial charge in [0, 0.05) is 18.3 Å². The number of aromatic amines is 1. The van der Waals surface area contributed by atoms with Gasteiger partial charge in [-0.25, -0.2) is 18.2 Å². The van der Waals surface area contributed by atoms with Crippen LogP contribution in [0, 0.1) is 0 Å². The number of nitrogens with one attached hydrogen (secondary N) is 2. The molecule has 0 amide bonds. The molecule has 0 unspecified atom stereocenters. The number of benzene rings is 1. The predicted octanol–water partition coefficient (Wildman–Crippen LogP) is 0.430. The van der Waals surface area contributed by atoms with Gasteiger partial charge in [-0.2, -0.15) is 0 Å². The van der Waals surface area contributed by atoms with E-state index in [1.807, 2.05) is 0 Å². The van der Waals surface area contributed by atoms with E-state index in [1.165, 1.54) is 0 Å². The van der Waals surface area contributed by atoms with Gasteiger partial charge in [-0.15, -0.1) is 0 Å². The lowest BCUT2D eigenvalue weighted by Gasteiger charge is -2.05. The summed E-state index contributed by atoms with van der Waals surface area (Å²) in [5, 5.41) is 8.75. The largest absolute Gasteiger partial charge is 0.477 e. The first kappa shape index (κ1) is 15.7. The summed E-state index contributed by atoms with van der Waals surface area (Å²) in [4.78, 5) is 28.5. The Morgan fingerprint density at radius 2 is 1.95 bits per heavy atom. The van der Waals surface area contributed by atoms with E-state index in [0.717, 1.165) is 18.0 Å². The van der Waals surface area contributed by atoms with Crippen LogP contribution in [0.1, 0.15) is 21.7 Å². The highest BCUT2D eigenvalue weighted by atomic mass is 32.2. The van der Waals surface area contributed by atoms with Crippen molar-refractivity contribution < 1.29 is 18.3 Å². The Morgan fingerprint density at radius 3 is 2.45 bits per heavy atom. The van der Waals surface area contributed by atoms with Crippen molar-refractivity contribution in [3.63, 3.8) is 0 Å². The number of anilines is 1. The fraction of sp³-hybridized carbons (Fsp3) is 0.154. The highest BCUT2D eigenvalue weighted by Gasteiger charge is 2.10. The molecule has 0 saturated carbocycles. The minimum absolute atomic E-state index is 0.286. The molecule has 3 N–H and O–H groups in total. The van der Waals surface area contributed by atoms with Crippen molar-refractivity contribution in [1.82, 2.24) is 9.97 Å². The maximum Gasteiger partial charge on any atom is 0.342 e. The van der Waals surface area contributed by atoms with Crippen LogP contribution in [-0.2, 0) is 16.4 Å². The second-order valence-corrected chi connectivity index (χ2v) is 6.37. The molecule has 9 heteroatoms. The standard InChI is InChI=1S/C13H13N3O5S/c1-22(20,21)16-9-4-2-8(3-5-9)6-11-14-7-10(13(18)19)12(17)15-11/h2-5,7,16H,6H2,1H3,(H,18,19)(H,14,15,17). The molecule has 0 aliphatic heterocycles. The van der Waals surface area contributed by atoms with Crippen molar-refractivity contribution in [3.05, 3.63) is 57.8 Å². The maximum absolute atomic E-state index is 11.5. The van der Waals surface area contributed by atoms with Crippen molar-refractivity contribution >= 4 is 21.7 Å². The van der Waals surface area contributed by atoms with Crippen LogP contribution in [0.25, 0.3) is 0 Å². The molecular weight excluding hydrogens is 310 g/mol. The van der Waals surface area contributed by atoms with Crippen LogP contribution in [0.3, 0.4) is 0 Å². The molecule has 2 aromatic rings. The van der Waals surface area contributed by atoms with Crippen LogP contribution in [0.4, 0.5) is 5.69 Å². The Labute approximate surface area is 125 Å². The highest BCUT2D eigenvalue weighted by molar-refractivity contribution is 7.92. The molecule has 0 spiro atoms. The summed E-state index contributed by atoms with van der Waals surface area (Å²) in [6.07, 6.45) is 2.35. The number of H-pyrrole nitrogens is 1. The summed E-state index contributed by atoms with van der Waals surface area (Å²) in [7, 11) is -3.33. The average Bonchev–Trinajstić information content (AvgIpc) is 2.39.